The molecule has 26 heavy (non-hydrogen) atoms. The molecule has 6 heteroatoms. The Morgan fingerprint density at radius 1 is 1.23 bits per heavy atom. The molecule has 0 aliphatic heterocycles. The Hall–Kier alpha value is -2.27. The van der Waals surface area contributed by atoms with Gasteiger partial charge in [-0.3, -0.25) is 4.99 Å². The Labute approximate surface area is 159 Å². The second-order valence-electron chi connectivity index (χ2n) is 6.45. The Morgan fingerprint density at radius 3 is 2.81 bits per heavy atom. The molecule has 1 aliphatic rings. The SMILES string of the molecule is CN=C(NCCc1ccc(Cl)nc1)NCc1ccccc1OCC1CC1. The van der Waals surface area contributed by atoms with Gasteiger partial charge in [-0.2, -0.15) is 0 Å². The maximum absolute atomic E-state index is 5.96. The summed E-state index contributed by atoms with van der Waals surface area (Å²) >= 11 is 5.81. The molecule has 5 nitrogen and oxygen atoms in total. The van der Waals surface area contributed by atoms with Crippen molar-refractivity contribution in [1.82, 2.24) is 15.6 Å². The molecule has 3 rings (SSSR count). The third kappa shape index (κ3) is 5.92. The molecule has 0 unspecified atom stereocenters. The third-order valence-electron chi connectivity index (χ3n) is 4.31. The van der Waals surface area contributed by atoms with E-state index >= 15 is 0 Å². The summed E-state index contributed by atoms with van der Waals surface area (Å²) in [5, 5.41) is 7.18. The summed E-state index contributed by atoms with van der Waals surface area (Å²) in [7, 11) is 1.77. The van der Waals surface area contributed by atoms with E-state index in [1.54, 1.807) is 13.2 Å². The number of rotatable bonds is 8. The van der Waals surface area contributed by atoms with E-state index in [0.717, 1.165) is 48.3 Å². The van der Waals surface area contributed by atoms with Gasteiger partial charge in [-0.25, -0.2) is 4.98 Å². The molecule has 1 heterocycles. The predicted octanol–water partition coefficient (Wildman–Crippen LogP) is 3.43. The molecule has 0 spiro atoms. The lowest BCUT2D eigenvalue weighted by Gasteiger charge is -2.15. The van der Waals surface area contributed by atoms with E-state index in [1.165, 1.54) is 12.8 Å². The van der Waals surface area contributed by atoms with Crippen molar-refractivity contribution in [3.63, 3.8) is 0 Å². The van der Waals surface area contributed by atoms with Crippen molar-refractivity contribution in [3.8, 4) is 5.75 Å². The van der Waals surface area contributed by atoms with E-state index in [2.05, 4.69) is 26.7 Å². The number of guanidine groups is 1. The monoisotopic (exact) mass is 372 g/mol. The molecule has 1 saturated carbocycles. The minimum Gasteiger partial charge on any atom is -0.493 e. The fourth-order valence-electron chi connectivity index (χ4n) is 2.56. The highest BCUT2D eigenvalue weighted by Crippen LogP contribution is 2.30. The highest BCUT2D eigenvalue weighted by atomic mass is 35.5. The second kappa shape index (κ2) is 9.43. The van der Waals surface area contributed by atoms with Crippen molar-refractivity contribution in [2.45, 2.75) is 25.8 Å². The van der Waals surface area contributed by atoms with Crippen LogP contribution in [0.3, 0.4) is 0 Å². The highest BCUT2D eigenvalue weighted by Gasteiger charge is 2.22. The predicted molar refractivity (Wildman–Crippen MR) is 106 cm³/mol. The van der Waals surface area contributed by atoms with Crippen molar-refractivity contribution in [2.24, 2.45) is 10.9 Å². The Kier molecular flexibility index (Phi) is 6.72. The largest absolute Gasteiger partial charge is 0.493 e. The van der Waals surface area contributed by atoms with Gasteiger partial charge in [0, 0.05) is 31.9 Å². The smallest absolute Gasteiger partial charge is 0.191 e. The summed E-state index contributed by atoms with van der Waals surface area (Å²) in [6.45, 7) is 2.25. The van der Waals surface area contributed by atoms with E-state index in [0.29, 0.717) is 11.7 Å². The summed E-state index contributed by atoms with van der Waals surface area (Å²) in [6, 6.07) is 12.0. The number of hydrogen-bond acceptors (Lipinski definition) is 3. The van der Waals surface area contributed by atoms with Crippen LogP contribution < -0.4 is 15.4 Å². The zero-order valence-electron chi connectivity index (χ0n) is 15.0. The molecule has 1 aromatic heterocycles. The van der Waals surface area contributed by atoms with E-state index in [9.17, 15) is 0 Å². The molecule has 0 saturated heterocycles. The number of benzene rings is 1. The first-order valence-electron chi connectivity index (χ1n) is 9.00. The van der Waals surface area contributed by atoms with Gasteiger partial charge in [-0.1, -0.05) is 35.9 Å². The van der Waals surface area contributed by atoms with Gasteiger partial charge >= 0.3 is 0 Å². The number of hydrogen-bond donors (Lipinski definition) is 2. The van der Waals surface area contributed by atoms with Gasteiger partial charge in [0.1, 0.15) is 10.9 Å². The Bertz CT molecular complexity index is 729. The second-order valence-corrected chi connectivity index (χ2v) is 6.84. The number of aliphatic imine (C=N–C) groups is 1. The van der Waals surface area contributed by atoms with Crippen molar-refractivity contribution in [1.29, 1.82) is 0 Å². The minimum absolute atomic E-state index is 0.516. The van der Waals surface area contributed by atoms with Crippen LogP contribution in [0.4, 0.5) is 0 Å². The van der Waals surface area contributed by atoms with Crippen LogP contribution in [0.2, 0.25) is 5.15 Å². The molecule has 0 radical (unpaired) electrons. The molecule has 2 N–H and O–H groups in total. The van der Waals surface area contributed by atoms with Gasteiger partial charge in [-0.15, -0.1) is 0 Å². The highest BCUT2D eigenvalue weighted by molar-refractivity contribution is 6.29. The molecule has 0 amide bonds. The molecular weight excluding hydrogens is 348 g/mol. The normalized spacial score (nSPS) is 14.2. The van der Waals surface area contributed by atoms with Crippen LogP contribution in [0.25, 0.3) is 0 Å². The van der Waals surface area contributed by atoms with Crippen LogP contribution in [0, 0.1) is 5.92 Å². The van der Waals surface area contributed by atoms with Gasteiger partial charge in [0.15, 0.2) is 5.96 Å². The van der Waals surface area contributed by atoms with Crippen LogP contribution in [0.1, 0.15) is 24.0 Å². The number of ether oxygens (including phenoxy) is 1. The summed E-state index contributed by atoms with van der Waals surface area (Å²) in [5.41, 5.74) is 2.27. The molecular formula is C20H25ClN4O. The van der Waals surface area contributed by atoms with Gasteiger partial charge < -0.3 is 15.4 Å². The van der Waals surface area contributed by atoms with Crippen LogP contribution in [0.15, 0.2) is 47.6 Å². The van der Waals surface area contributed by atoms with Crippen LogP contribution in [-0.4, -0.2) is 31.1 Å². The summed E-state index contributed by atoms with van der Waals surface area (Å²) in [5.74, 6) is 2.46. The first-order chi connectivity index (χ1) is 12.7. The van der Waals surface area contributed by atoms with Crippen molar-refractivity contribution < 1.29 is 4.74 Å². The molecule has 1 aliphatic carbocycles. The number of para-hydroxylation sites is 1. The molecule has 0 atom stereocenters. The quantitative estimate of drug-likeness (QED) is 0.423. The van der Waals surface area contributed by atoms with Crippen molar-refractivity contribution in [2.75, 3.05) is 20.2 Å². The number of nitrogens with zero attached hydrogens (tertiary/aromatic N) is 2. The Balaban J connectivity index is 1.45. The first kappa shape index (κ1) is 18.5. The number of halogens is 1. The number of nitrogens with one attached hydrogen (secondary N) is 2. The van der Waals surface area contributed by atoms with Gasteiger partial charge in [-0.05, 0) is 42.9 Å². The van der Waals surface area contributed by atoms with E-state index in [-0.39, 0.29) is 0 Å². The molecule has 2 aromatic rings. The van der Waals surface area contributed by atoms with Crippen LogP contribution in [-0.2, 0) is 13.0 Å². The summed E-state index contributed by atoms with van der Waals surface area (Å²) < 4.78 is 5.96. The molecule has 138 valence electrons. The molecule has 1 fully saturated rings. The zero-order valence-corrected chi connectivity index (χ0v) is 15.8. The fraction of sp³-hybridized carbons (Fsp3) is 0.400. The Morgan fingerprint density at radius 2 is 2.08 bits per heavy atom. The van der Waals surface area contributed by atoms with Crippen LogP contribution in [0.5, 0.6) is 5.75 Å². The summed E-state index contributed by atoms with van der Waals surface area (Å²) in [6.07, 6.45) is 5.24. The van der Waals surface area contributed by atoms with Gasteiger partial charge in [0.2, 0.25) is 0 Å². The molecule has 1 aromatic carbocycles. The van der Waals surface area contributed by atoms with E-state index < -0.39 is 0 Å². The average molecular weight is 373 g/mol. The number of pyridine rings is 1. The maximum atomic E-state index is 5.96. The van der Waals surface area contributed by atoms with Crippen LogP contribution >= 0.6 is 11.6 Å². The number of aromatic nitrogens is 1. The van der Waals surface area contributed by atoms with Crippen molar-refractivity contribution in [3.05, 3.63) is 58.9 Å². The minimum atomic E-state index is 0.516. The standard InChI is InChI=1S/C20H25ClN4O/c1-22-20(23-11-10-15-8-9-19(21)24-12-15)25-13-17-4-2-3-5-18(17)26-14-16-6-7-16/h2-5,8-9,12,16H,6-7,10-11,13-14H2,1H3,(H2,22,23,25). The third-order valence-corrected chi connectivity index (χ3v) is 4.53. The van der Waals surface area contributed by atoms with Gasteiger partial charge in [0.25, 0.3) is 0 Å². The fourth-order valence-corrected chi connectivity index (χ4v) is 2.67. The maximum Gasteiger partial charge on any atom is 0.191 e. The van der Waals surface area contributed by atoms with Crippen molar-refractivity contribution >= 4 is 17.6 Å². The van der Waals surface area contributed by atoms with E-state index in [4.69, 9.17) is 16.3 Å². The topological polar surface area (TPSA) is 58.5 Å². The van der Waals surface area contributed by atoms with Gasteiger partial charge in [0.05, 0.1) is 6.61 Å². The average Bonchev–Trinajstić information content (AvgIpc) is 3.49. The lowest BCUT2D eigenvalue weighted by Crippen LogP contribution is -2.37. The zero-order chi connectivity index (χ0) is 18.2. The lowest BCUT2D eigenvalue weighted by molar-refractivity contribution is 0.296. The molecule has 0 bridgehead atoms. The van der Waals surface area contributed by atoms with E-state index in [1.807, 2.05) is 30.3 Å². The summed E-state index contributed by atoms with van der Waals surface area (Å²) in [4.78, 5) is 8.37. The lowest BCUT2D eigenvalue weighted by atomic mass is 10.2. The first-order valence-corrected chi connectivity index (χ1v) is 9.38.